The maximum Gasteiger partial charge on any atom is 1.00 e. The molecule has 0 N–H and O–H groups in total. The van der Waals surface area contributed by atoms with E-state index in [1.165, 1.54) is 12.1 Å². The second kappa shape index (κ2) is 5.44. The first-order valence-electron chi connectivity index (χ1n) is 5.22. The molecule has 1 aromatic rings. The van der Waals surface area contributed by atoms with Crippen LogP contribution in [-0.4, -0.2) is 33.6 Å². The number of aliphatic carboxylic acids is 1. The molecule has 0 saturated carbocycles. The van der Waals surface area contributed by atoms with E-state index in [9.17, 15) is 29.6 Å². The molecule has 1 aromatic carbocycles. The molecule has 2 amide bonds. The van der Waals surface area contributed by atoms with E-state index < -0.39 is 34.4 Å². The molecule has 0 fully saturated rings. The average molecular weight is 270 g/mol. The van der Waals surface area contributed by atoms with Crippen LogP contribution < -0.4 is 24.0 Å². The molecule has 20 heavy (non-hydrogen) atoms. The summed E-state index contributed by atoms with van der Waals surface area (Å²) in [4.78, 5) is 45.1. The van der Waals surface area contributed by atoms with E-state index in [-0.39, 0.29) is 30.0 Å². The summed E-state index contributed by atoms with van der Waals surface area (Å²) in [6.45, 7) is 1.10. The number of fused-ring (bicyclic) bond motifs is 1. The van der Waals surface area contributed by atoms with Gasteiger partial charge >= 0.3 is 18.9 Å². The van der Waals surface area contributed by atoms with Gasteiger partial charge in [0.05, 0.1) is 22.5 Å². The predicted molar refractivity (Wildman–Crippen MR) is 58.1 cm³/mol. The van der Waals surface area contributed by atoms with E-state index in [2.05, 4.69) is 0 Å². The van der Waals surface area contributed by atoms with Crippen molar-refractivity contribution in [1.82, 2.24) is 4.90 Å². The van der Waals surface area contributed by atoms with Crippen molar-refractivity contribution in [3.8, 4) is 0 Å². The maximum atomic E-state index is 12.0. The summed E-state index contributed by atoms with van der Waals surface area (Å²) < 4.78 is 0. The standard InChI is InChI=1S/C11H8N2O6.Li/c1-5(11(16)17)12-9(14)6-3-2-4-7(13(18)19)8(6)10(12)15;/h2-5H,1H3,(H,16,17);/q;+1/p-1. The molecular weight excluding hydrogens is 263 g/mol. The first-order valence-corrected chi connectivity index (χ1v) is 5.22. The molecule has 8 nitrogen and oxygen atoms in total. The van der Waals surface area contributed by atoms with Crippen LogP contribution in [0.5, 0.6) is 0 Å². The van der Waals surface area contributed by atoms with Gasteiger partial charge in [-0.25, -0.2) is 0 Å². The molecule has 2 rings (SSSR count). The van der Waals surface area contributed by atoms with E-state index in [1.54, 1.807) is 0 Å². The molecule has 9 heteroatoms. The zero-order valence-corrected chi connectivity index (χ0v) is 10.7. The molecular formula is C11H7LiN2O6. The largest absolute Gasteiger partial charge is 1.00 e. The molecule has 1 aliphatic rings. The second-order valence-electron chi connectivity index (χ2n) is 3.93. The van der Waals surface area contributed by atoms with Crippen LogP contribution in [-0.2, 0) is 4.79 Å². The molecule has 1 atom stereocenters. The van der Waals surface area contributed by atoms with Gasteiger partial charge in [-0.3, -0.25) is 24.6 Å². The van der Waals surface area contributed by atoms with E-state index in [1.807, 2.05) is 0 Å². The molecule has 1 unspecified atom stereocenters. The topological polar surface area (TPSA) is 121 Å². The van der Waals surface area contributed by atoms with E-state index in [4.69, 9.17) is 0 Å². The number of carboxylic acid groups (broad SMARTS) is 1. The third kappa shape index (κ3) is 2.19. The normalized spacial score (nSPS) is 14.6. The van der Waals surface area contributed by atoms with Gasteiger partial charge in [0.25, 0.3) is 17.5 Å². The molecule has 0 spiro atoms. The fraction of sp³-hybridized carbons (Fsp3) is 0.182. The number of carboxylic acids is 1. The van der Waals surface area contributed by atoms with Crippen LogP contribution in [0.15, 0.2) is 18.2 Å². The van der Waals surface area contributed by atoms with Gasteiger partial charge < -0.3 is 9.90 Å². The third-order valence-corrected chi connectivity index (χ3v) is 2.85. The zero-order valence-electron chi connectivity index (χ0n) is 10.7. The molecule has 98 valence electrons. The van der Waals surface area contributed by atoms with Crippen LogP contribution >= 0.6 is 0 Å². The van der Waals surface area contributed by atoms with Crippen molar-refractivity contribution in [2.75, 3.05) is 0 Å². The van der Waals surface area contributed by atoms with E-state index in [0.29, 0.717) is 4.90 Å². The minimum absolute atomic E-state index is 0. The minimum Gasteiger partial charge on any atom is -0.548 e. The van der Waals surface area contributed by atoms with Crippen LogP contribution in [0.2, 0.25) is 0 Å². The van der Waals surface area contributed by atoms with Gasteiger partial charge in [0.15, 0.2) is 0 Å². The number of hydrogen-bond donors (Lipinski definition) is 0. The Kier molecular flexibility index (Phi) is 4.32. The number of nitro benzene ring substituents is 1. The van der Waals surface area contributed by atoms with Crippen molar-refractivity contribution in [3.63, 3.8) is 0 Å². The van der Waals surface area contributed by atoms with Gasteiger partial charge in [-0.2, -0.15) is 0 Å². The number of nitrogens with zero attached hydrogens (tertiary/aromatic N) is 2. The molecule has 0 saturated heterocycles. The molecule has 1 heterocycles. The first kappa shape index (κ1) is 15.9. The fourth-order valence-electron chi connectivity index (χ4n) is 1.89. The van der Waals surface area contributed by atoms with Crippen molar-refractivity contribution in [1.29, 1.82) is 0 Å². The van der Waals surface area contributed by atoms with Crippen LogP contribution in [0.25, 0.3) is 0 Å². The van der Waals surface area contributed by atoms with Crippen molar-refractivity contribution >= 4 is 23.5 Å². The number of rotatable bonds is 3. The quantitative estimate of drug-likeness (QED) is 0.241. The minimum atomic E-state index is -1.61. The number of imide groups is 1. The number of amides is 2. The van der Waals surface area contributed by atoms with E-state index in [0.717, 1.165) is 13.0 Å². The second-order valence-corrected chi connectivity index (χ2v) is 3.93. The van der Waals surface area contributed by atoms with Crippen molar-refractivity contribution in [2.24, 2.45) is 0 Å². The Hall–Kier alpha value is -2.17. The summed E-state index contributed by atoms with van der Waals surface area (Å²) in [6, 6.07) is 2.09. The van der Waals surface area contributed by atoms with E-state index >= 15 is 0 Å². The Morgan fingerprint density at radius 2 is 1.90 bits per heavy atom. The SMILES string of the molecule is CC(C(=O)[O-])N1C(=O)c2cccc([N+](=O)[O-])c2C1=O.[Li+]. The van der Waals surface area contributed by atoms with Gasteiger partial charge in [-0.15, -0.1) is 0 Å². The van der Waals surface area contributed by atoms with Crippen LogP contribution in [0.4, 0.5) is 5.69 Å². The monoisotopic (exact) mass is 270 g/mol. The van der Waals surface area contributed by atoms with Gasteiger partial charge in [0, 0.05) is 6.07 Å². The summed E-state index contributed by atoms with van der Waals surface area (Å²) in [5, 5.41) is 21.6. The Morgan fingerprint density at radius 1 is 1.30 bits per heavy atom. The predicted octanol–water partition coefficient (Wildman–Crippen LogP) is -3.67. The van der Waals surface area contributed by atoms with Gasteiger partial charge in [-0.05, 0) is 13.0 Å². The number of benzene rings is 1. The Balaban J connectivity index is 0.00000200. The average Bonchev–Trinajstić information content (AvgIpc) is 2.61. The molecule has 0 aliphatic carbocycles. The van der Waals surface area contributed by atoms with Gasteiger partial charge in [-0.1, -0.05) is 6.07 Å². The summed E-state index contributed by atoms with van der Waals surface area (Å²) in [5.74, 6) is -3.48. The van der Waals surface area contributed by atoms with Crippen molar-refractivity contribution in [3.05, 3.63) is 39.4 Å². The maximum absolute atomic E-state index is 12.0. The molecule has 1 aliphatic heterocycles. The fourth-order valence-corrected chi connectivity index (χ4v) is 1.89. The van der Waals surface area contributed by atoms with Crippen LogP contribution in [0.3, 0.4) is 0 Å². The van der Waals surface area contributed by atoms with Crippen molar-refractivity contribution in [2.45, 2.75) is 13.0 Å². The number of hydrogen-bond acceptors (Lipinski definition) is 6. The Labute approximate surface area is 124 Å². The molecule has 0 radical (unpaired) electrons. The smallest absolute Gasteiger partial charge is 0.548 e. The Bertz CT molecular complexity index is 629. The number of nitro groups is 1. The summed E-state index contributed by atoms with van der Waals surface area (Å²) in [5.41, 5.74) is -1.08. The summed E-state index contributed by atoms with van der Waals surface area (Å²) in [7, 11) is 0. The van der Waals surface area contributed by atoms with Crippen LogP contribution in [0, 0.1) is 10.1 Å². The first-order chi connectivity index (χ1) is 8.86. The number of carbonyl (C=O) groups is 3. The molecule has 0 bridgehead atoms. The van der Waals surface area contributed by atoms with Crippen molar-refractivity contribution < 1.29 is 43.3 Å². The molecule has 0 aromatic heterocycles. The zero-order chi connectivity index (χ0) is 14.3. The third-order valence-electron chi connectivity index (χ3n) is 2.85. The van der Waals surface area contributed by atoms with Gasteiger partial charge in [0.2, 0.25) is 0 Å². The number of carbonyl (C=O) groups excluding carboxylic acids is 3. The Morgan fingerprint density at radius 3 is 2.40 bits per heavy atom. The van der Waals surface area contributed by atoms with Gasteiger partial charge in [0.1, 0.15) is 5.56 Å². The van der Waals surface area contributed by atoms with Crippen LogP contribution in [0.1, 0.15) is 27.6 Å². The summed E-state index contributed by atoms with van der Waals surface area (Å²) in [6.07, 6.45) is 0. The summed E-state index contributed by atoms with van der Waals surface area (Å²) >= 11 is 0.